The Balaban J connectivity index is 2.51. The number of rotatable bonds is 6. The minimum absolute atomic E-state index is 0.0276. The van der Waals surface area contributed by atoms with Crippen LogP contribution in [0.4, 0.5) is 0 Å². The van der Waals surface area contributed by atoms with E-state index >= 15 is 0 Å². The summed E-state index contributed by atoms with van der Waals surface area (Å²) in [5.41, 5.74) is 3.65. The Morgan fingerprint density at radius 1 is 1.08 bits per heavy atom. The van der Waals surface area contributed by atoms with Crippen LogP contribution in [0.25, 0.3) is 11.6 Å². The zero-order chi connectivity index (χ0) is 18.6. The van der Waals surface area contributed by atoms with Crippen LogP contribution in [0.3, 0.4) is 0 Å². The predicted octanol–water partition coefficient (Wildman–Crippen LogP) is 4.72. The van der Waals surface area contributed by atoms with Crippen LogP contribution in [0.1, 0.15) is 36.1 Å². The quantitative estimate of drug-likeness (QED) is 0.610. The third-order valence-electron chi connectivity index (χ3n) is 3.78. The molecule has 25 heavy (non-hydrogen) atoms. The Hall–Kier alpha value is -2.75. The molecule has 0 heterocycles. The highest BCUT2D eigenvalue weighted by Crippen LogP contribution is 2.31. The summed E-state index contributed by atoms with van der Waals surface area (Å²) in [7, 11) is 1.57. The smallest absolute Gasteiger partial charge is 0.336 e. The summed E-state index contributed by atoms with van der Waals surface area (Å²) in [4.78, 5) is 11.8. The molecule has 4 heteroatoms. The van der Waals surface area contributed by atoms with E-state index in [1.165, 1.54) is 0 Å². The molecule has 0 atom stereocenters. The zero-order valence-electron chi connectivity index (χ0n) is 15.3. The van der Waals surface area contributed by atoms with E-state index in [-0.39, 0.29) is 11.7 Å². The molecule has 0 amide bonds. The van der Waals surface area contributed by atoms with Gasteiger partial charge in [0.1, 0.15) is 0 Å². The molecule has 0 bridgehead atoms. The minimum atomic E-state index is -0.963. The molecule has 0 aliphatic heterocycles. The highest BCUT2D eigenvalue weighted by molar-refractivity contribution is 6.21. The van der Waals surface area contributed by atoms with Crippen LogP contribution in [-0.4, -0.2) is 24.3 Å². The van der Waals surface area contributed by atoms with Crippen LogP contribution < -0.4 is 9.47 Å². The molecule has 132 valence electrons. The molecule has 0 aromatic heterocycles. The lowest BCUT2D eigenvalue weighted by molar-refractivity contribution is -0.130. The number of carboxylic acids is 1. The molecule has 0 unspecified atom stereocenters. The summed E-state index contributed by atoms with van der Waals surface area (Å²) in [5, 5.41) is 9.68. The highest BCUT2D eigenvalue weighted by Gasteiger charge is 2.14. The highest BCUT2D eigenvalue weighted by atomic mass is 16.5. The fourth-order valence-electron chi connectivity index (χ4n) is 2.57. The van der Waals surface area contributed by atoms with Crippen LogP contribution >= 0.6 is 0 Å². The summed E-state index contributed by atoms with van der Waals surface area (Å²) in [6, 6.07) is 11.2. The van der Waals surface area contributed by atoms with Crippen LogP contribution in [0.15, 0.2) is 36.4 Å². The van der Waals surface area contributed by atoms with Crippen molar-refractivity contribution < 1.29 is 19.4 Å². The first-order valence-corrected chi connectivity index (χ1v) is 8.19. The van der Waals surface area contributed by atoms with Crippen molar-refractivity contribution in [3.63, 3.8) is 0 Å². The van der Waals surface area contributed by atoms with Crippen molar-refractivity contribution in [2.75, 3.05) is 7.11 Å². The first kappa shape index (κ1) is 18.6. The maximum Gasteiger partial charge on any atom is 0.336 e. The normalized spacial score (nSPS) is 11.5. The van der Waals surface area contributed by atoms with E-state index in [2.05, 4.69) is 0 Å². The number of benzene rings is 2. The van der Waals surface area contributed by atoms with Gasteiger partial charge in [-0.05, 0) is 62.6 Å². The van der Waals surface area contributed by atoms with E-state index < -0.39 is 5.97 Å². The van der Waals surface area contributed by atoms with Gasteiger partial charge in [0, 0.05) is 0 Å². The standard InChI is InChI=1S/C21H24O4/c1-13(2)25-19-9-8-16(12-20(19)24-5)11-18(21(22)23)17-10-14(3)6-7-15(17)4/h6-13H,1-5H3,(H,22,23)/b18-11-. The lowest BCUT2D eigenvalue weighted by Gasteiger charge is -2.14. The van der Waals surface area contributed by atoms with Gasteiger partial charge < -0.3 is 14.6 Å². The Morgan fingerprint density at radius 3 is 2.40 bits per heavy atom. The average Bonchev–Trinajstić information content (AvgIpc) is 2.55. The van der Waals surface area contributed by atoms with Crippen molar-refractivity contribution in [3.05, 3.63) is 58.7 Å². The largest absolute Gasteiger partial charge is 0.493 e. The van der Waals surface area contributed by atoms with Crippen molar-refractivity contribution >= 4 is 17.6 Å². The van der Waals surface area contributed by atoms with Gasteiger partial charge in [-0.25, -0.2) is 4.79 Å². The van der Waals surface area contributed by atoms with Crippen LogP contribution in [0.5, 0.6) is 11.5 Å². The second kappa shape index (κ2) is 7.88. The molecule has 0 aliphatic rings. The second-order valence-corrected chi connectivity index (χ2v) is 6.26. The maximum absolute atomic E-state index is 11.8. The molecule has 4 nitrogen and oxygen atoms in total. The fourth-order valence-corrected chi connectivity index (χ4v) is 2.57. The molecule has 0 aliphatic carbocycles. The summed E-state index contributed by atoms with van der Waals surface area (Å²) in [5.74, 6) is 0.251. The number of carboxylic acid groups (broad SMARTS) is 1. The van der Waals surface area contributed by atoms with Gasteiger partial charge in [-0.15, -0.1) is 0 Å². The van der Waals surface area contributed by atoms with Gasteiger partial charge in [-0.3, -0.25) is 0 Å². The van der Waals surface area contributed by atoms with Crippen LogP contribution in [-0.2, 0) is 4.79 Å². The summed E-state index contributed by atoms with van der Waals surface area (Å²) >= 11 is 0. The summed E-state index contributed by atoms with van der Waals surface area (Å²) in [6.45, 7) is 7.74. The number of ether oxygens (including phenoxy) is 2. The molecular weight excluding hydrogens is 316 g/mol. The third kappa shape index (κ3) is 4.63. The number of methoxy groups -OCH3 is 1. The van der Waals surface area contributed by atoms with Gasteiger partial charge >= 0.3 is 5.97 Å². The monoisotopic (exact) mass is 340 g/mol. The molecule has 0 radical (unpaired) electrons. The molecule has 0 saturated heterocycles. The van der Waals surface area contributed by atoms with E-state index in [9.17, 15) is 9.90 Å². The molecule has 2 aromatic rings. The van der Waals surface area contributed by atoms with Crippen LogP contribution in [0.2, 0.25) is 0 Å². The molecular formula is C21H24O4. The third-order valence-corrected chi connectivity index (χ3v) is 3.78. The number of carbonyl (C=O) groups is 1. The predicted molar refractivity (Wildman–Crippen MR) is 100 cm³/mol. The minimum Gasteiger partial charge on any atom is -0.493 e. The van der Waals surface area contributed by atoms with Gasteiger partial charge in [-0.1, -0.05) is 29.8 Å². The lowest BCUT2D eigenvalue weighted by Crippen LogP contribution is -2.06. The number of aryl methyl sites for hydroxylation is 2. The number of aliphatic carboxylic acids is 1. The molecule has 0 fully saturated rings. The zero-order valence-corrected chi connectivity index (χ0v) is 15.3. The molecule has 0 spiro atoms. The van der Waals surface area contributed by atoms with Crippen molar-refractivity contribution in [1.82, 2.24) is 0 Å². The van der Waals surface area contributed by atoms with Crippen molar-refractivity contribution in [2.45, 2.75) is 33.8 Å². The Labute approximate surface area is 148 Å². The fraction of sp³-hybridized carbons (Fsp3) is 0.286. The van der Waals surface area contributed by atoms with Gasteiger partial charge in [-0.2, -0.15) is 0 Å². The van der Waals surface area contributed by atoms with Crippen molar-refractivity contribution in [3.8, 4) is 11.5 Å². The van der Waals surface area contributed by atoms with Gasteiger partial charge in [0.2, 0.25) is 0 Å². The van der Waals surface area contributed by atoms with Gasteiger partial charge in [0.25, 0.3) is 0 Å². The van der Waals surface area contributed by atoms with E-state index in [4.69, 9.17) is 9.47 Å². The van der Waals surface area contributed by atoms with E-state index in [1.807, 2.05) is 52.0 Å². The van der Waals surface area contributed by atoms with Gasteiger partial charge in [0.05, 0.1) is 18.8 Å². The Morgan fingerprint density at radius 2 is 1.80 bits per heavy atom. The van der Waals surface area contributed by atoms with Gasteiger partial charge in [0.15, 0.2) is 11.5 Å². The lowest BCUT2D eigenvalue weighted by atomic mass is 9.96. The average molecular weight is 340 g/mol. The molecule has 1 N–H and O–H groups in total. The maximum atomic E-state index is 11.8. The van der Waals surface area contributed by atoms with E-state index in [0.717, 1.165) is 16.7 Å². The first-order valence-electron chi connectivity index (χ1n) is 8.19. The van der Waals surface area contributed by atoms with Crippen LogP contribution in [0, 0.1) is 13.8 Å². The summed E-state index contributed by atoms with van der Waals surface area (Å²) in [6.07, 6.45) is 1.69. The number of hydrogen-bond donors (Lipinski definition) is 1. The summed E-state index contributed by atoms with van der Waals surface area (Å²) < 4.78 is 11.1. The van der Waals surface area contributed by atoms with Crippen molar-refractivity contribution in [1.29, 1.82) is 0 Å². The Kier molecular flexibility index (Phi) is 5.86. The second-order valence-electron chi connectivity index (χ2n) is 6.26. The van der Waals surface area contributed by atoms with E-state index in [1.54, 1.807) is 25.3 Å². The van der Waals surface area contributed by atoms with Crippen molar-refractivity contribution in [2.24, 2.45) is 0 Å². The number of hydrogen-bond acceptors (Lipinski definition) is 3. The van der Waals surface area contributed by atoms with E-state index in [0.29, 0.717) is 17.1 Å². The topological polar surface area (TPSA) is 55.8 Å². The Bertz CT molecular complexity index is 804. The molecule has 2 aromatic carbocycles. The SMILES string of the molecule is COc1cc(/C=C(\C(=O)O)c2cc(C)ccc2C)ccc1OC(C)C. The molecule has 0 saturated carbocycles. The first-order chi connectivity index (χ1) is 11.8. The molecule has 2 rings (SSSR count).